The van der Waals surface area contributed by atoms with Gasteiger partial charge in [-0.1, -0.05) is 12.1 Å². The van der Waals surface area contributed by atoms with Gasteiger partial charge in [0.15, 0.2) is 0 Å². The van der Waals surface area contributed by atoms with Crippen molar-refractivity contribution in [2.75, 3.05) is 13.1 Å². The number of imide groups is 1. The number of thioether (sulfide) groups is 1. The zero-order chi connectivity index (χ0) is 21.4. The number of halogens is 1. The minimum Gasteiger partial charge on any atom is -0.390 e. The van der Waals surface area contributed by atoms with Gasteiger partial charge in [-0.25, -0.2) is 4.39 Å². The Kier molecular flexibility index (Phi) is 5.95. The van der Waals surface area contributed by atoms with Crippen LogP contribution in [0.1, 0.15) is 24.8 Å². The van der Waals surface area contributed by atoms with Crippen LogP contribution in [0.25, 0.3) is 6.08 Å². The summed E-state index contributed by atoms with van der Waals surface area (Å²) in [7, 11) is 0. The van der Waals surface area contributed by atoms with Gasteiger partial charge >= 0.3 is 0 Å². The minimum atomic E-state index is -0.760. The molecular formula is C21H23FN2O5S. The standard InChI is InChI=1S/C21H23FN2O5S/c22-14-3-1-11(2-4-14)7-16-20(28)24(21(29)30-16)6-5-23-17(25)10-12-8-13-9-15(12)19(27)18(13)26/h1-4,7,12-13,15,18-19,26-27H,5-6,8-10H2,(H,23,25)/b16-7-/t12-,13-,15-,18+,19-/m1/s1. The second-order valence-electron chi connectivity index (χ2n) is 8.08. The first-order valence-corrected chi connectivity index (χ1v) is 10.8. The highest BCUT2D eigenvalue weighted by molar-refractivity contribution is 8.18. The van der Waals surface area contributed by atoms with E-state index in [4.69, 9.17) is 0 Å². The maximum absolute atomic E-state index is 13.0. The summed E-state index contributed by atoms with van der Waals surface area (Å²) < 4.78 is 13.0. The Morgan fingerprint density at radius 1 is 1.20 bits per heavy atom. The van der Waals surface area contributed by atoms with Crippen LogP contribution in [0.3, 0.4) is 0 Å². The van der Waals surface area contributed by atoms with Gasteiger partial charge in [-0.3, -0.25) is 19.3 Å². The molecule has 3 amide bonds. The predicted molar refractivity (Wildman–Crippen MR) is 108 cm³/mol. The molecule has 1 saturated heterocycles. The molecule has 3 fully saturated rings. The highest BCUT2D eigenvalue weighted by Crippen LogP contribution is 2.49. The van der Waals surface area contributed by atoms with Gasteiger partial charge in [0.05, 0.1) is 17.1 Å². The normalized spacial score (nSPS) is 31.8. The zero-order valence-electron chi connectivity index (χ0n) is 16.2. The van der Waals surface area contributed by atoms with Crippen LogP contribution in [-0.2, 0) is 9.59 Å². The maximum atomic E-state index is 13.0. The fourth-order valence-electron chi connectivity index (χ4n) is 4.69. The SMILES string of the molecule is O=C(C[C@H]1C[C@@H]2C[C@H]1[C@@H](O)[C@H]2O)NCCN1C(=O)S/C(=C\c2ccc(F)cc2)C1=O. The third kappa shape index (κ3) is 4.14. The summed E-state index contributed by atoms with van der Waals surface area (Å²) in [6.45, 7) is 0.210. The van der Waals surface area contributed by atoms with Crippen molar-refractivity contribution >= 4 is 34.9 Å². The number of fused-ring (bicyclic) bond motifs is 2. The highest BCUT2D eigenvalue weighted by atomic mass is 32.2. The summed E-state index contributed by atoms with van der Waals surface area (Å²) in [5.41, 5.74) is 0.619. The molecule has 2 saturated carbocycles. The average Bonchev–Trinajstić information content (AvgIpc) is 3.32. The van der Waals surface area contributed by atoms with E-state index >= 15 is 0 Å². The maximum Gasteiger partial charge on any atom is 0.293 e. The van der Waals surface area contributed by atoms with Crippen LogP contribution in [0.2, 0.25) is 0 Å². The first-order valence-electron chi connectivity index (χ1n) is 9.97. The van der Waals surface area contributed by atoms with Gasteiger partial charge in [0.2, 0.25) is 5.91 Å². The second-order valence-corrected chi connectivity index (χ2v) is 9.07. The fourth-order valence-corrected chi connectivity index (χ4v) is 5.55. The monoisotopic (exact) mass is 434 g/mol. The largest absolute Gasteiger partial charge is 0.390 e. The van der Waals surface area contributed by atoms with E-state index in [0.29, 0.717) is 5.56 Å². The molecule has 1 aromatic rings. The number of hydrogen-bond donors (Lipinski definition) is 3. The summed E-state index contributed by atoms with van der Waals surface area (Å²) in [5.74, 6) is -0.952. The molecule has 2 aliphatic carbocycles. The van der Waals surface area contributed by atoms with E-state index in [2.05, 4.69) is 5.32 Å². The number of amides is 3. The molecule has 3 aliphatic rings. The van der Waals surface area contributed by atoms with E-state index < -0.39 is 23.4 Å². The van der Waals surface area contributed by atoms with Crippen molar-refractivity contribution in [3.05, 3.63) is 40.6 Å². The van der Waals surface area contributed by atoms with Crippen LogP contribution in [-0.4, -0.2) is 57.5 Å². The number of hydrogen-bond acceptors (Lipinski definition) is 6. The number of aliphatic hydroxyl groups excluding tert-OH is 2. The second kappa shape index (κ2) is 8.49. The summed E-state index contributed by atoms with van der Waals surface area (Å²) in [6, 6.07) is 5.60. The Morgan fingerprint density at radius 3 is 2.60 bits per heavy atom. The van der Waals surface area contributed by atoms with Crippen molar-refractivity contribution in [1.29, 1.82) is 0 Å². The lowest BCUT2D eigenvalue weighted by atomic mass is 9.83. The summed E-state index contributed by atoms with van der Waals surface area (Å²) in [5, 5.41) is 22.2. The van der Waals surface area contributed by atoms with Gasteiger partial charge in [-0.05, 0) is 66.1 Å². The molecule has 30 heavy (non-hydrogen) atoms. The molecule has 5 atom stereocenters. The third-order valence-electron chi connectivity index (χ3n) is 6.20. The molecule has 2 bridgehead atoms. The van der Waals surface area contributed by atoms with Gasteiger partial charge in [0.25, 0.3) is 11.1 Å². The van der Waals surface area contributed by atoms with E-state index in [9.17, 15) is 29.0 Å². The van der Waals surface area contributed by atoms with E-state index in [-0.39, 0.29) is 53.9 Å². The van der Waals surface area contributed by atoms with Gasteiger partial charge in [0.1, 0.15) is 5.82 Å². The molecule has 7 nitrogen and oxygen atoms in total. The number of nitrogens with zero attached hydrogens (tertiary/aromatic N) is 1. The zero-order valence-corrected chi connectivity index (χ0v) is 17.0. The Bertz CT molecular complexity index is 888. The minimum absolute atomic E-state index is 0.0456. The molecule has 1 aliphatic heterocycles. The quantitative estimate of drug-likeness (QED) is 0.589. The van der Waals surface area contributed by atoms with Crippen molar-refractivity contribution < 1.29 is 29.0 Å². The Morgan fingerprint density at radius 2 is 1.93 bits per heavy atom. The predicted octanol–water partition coefficient (Wildman–Crippen LogP) is 1.75. The lowest BCUT2D eigenvalue weighted by Gasteiger charge is -2.29. The van der Waals surface area contributed by atoms with Gasteiger partial charge in [0, 0.05) is 19.5 Å². The van der Waals surface area contributed by atoms with Crippen molar-refractivity contribution in [2.24, 2.45) is 17.8 Å². The van der Waals surface area contributed by atoms with Crippen LogP contribution in [0.15, 0.2) is 29.2 Å². The lowest BCUT2D eigenvalue weighted by Crippen LogP contribution is -2.40. The molecule has 0 spiro atoms. The summed E-state index contributed by atoms with van der Waals surface area (Å²) in [4.78, 5) is 38.2. The van der Waals surface area contributed by atoms with Crippen molar-refractivity contribution in [1.82, 2.24) is 10.2 Å². The Balaban J connectivity index is 1.26. The van der Waals surface area contributed by atoms with Gasteiger partial charge in [-0.2, -0.15) is 0 Å². The van der Waals surface area contributed by atoms with Crippen LogP contribution in [0, 0.1) is 23.6 Å². The number of aliphatic hydroxyl groups is 2. The molecule has 1 heterocycles. The van der Waals surface area contributed by atoms with E-state index in [1.165, 1.54) is 30.3 Å². The van der Waals surface area contributed by atoms with Gasteiger partial charge in [-0.15, -0.1) is 0 Å². The number of benzene rings is 1. The summed E-state index contributed by atoms with van der Waals surface area (Å²) in [6.07, 6.45) is 1.83. The molecule has 0 radical (unpaired) electrons. The fraction of sp³-hybridized carbons (Fsp3) is 0.476. The Hall–Kier alpha value is -2.23. The van der Waals surface area contributed by atoms with Crippen molar-refractivity contribution in [2.45, 2.75) is 31.5 Å². The number of carbonyl (C=O) groups excluding carboxylic acids is 3. The molecule has 9 heteroatoms. The molecule has 0 aromatic heterocycles. The van der Waals surface area contributed by atoms with Crippen LogP contribution in [0.4, 0.5) is 9.18 Å². The lowest BCUT2D eigenvalue weighted by molar-refractivity contribution is -0.125. The van der Waals surface area contributed by atoms with E-state index in [1.807, 2.05) is 0 Å². The first-order chi connectivity index (χ1) is 14.3. The average molecular weight is 434 g/mol. The number of carbonyl (C=O) groups is 3. The number of rotatable bonds is 6. The topological polar surface area (TPSA) is 107 Å². The van der Waals surface area contributed by atoms with E-state index in [0.717, 1.165) is 29.5 Å². The molecule has 4 rings (SSSR count). The van der Waals surface area contributed by atoms with Crippen LogP contribution in [0.5, 0.6) is 0 Å². The molecular weight excluding hydrogens is 411 g/mol. The Labute approximate surface area is 177 Å². The molecule has 1 aromatic carbocycles. The van der Waals surface area contributed by atoms with Crippen molar-refractivity contribution in [3.8, 4) is 0 Å². The highest BCUT2D eigenvalue weighted by Gasteiger charge is 2.51. The van der Waals surface area contributed by atoms with Gasteiger partial charge < -0.3 is 15.5 Å². The smallest absolute Gasteiger partial charge is 0.293 e. The number of nitrogens with one attached hydrogen (secondary N) is 1. The summed E-state index contributed by atoms with van der Waals surface area (Å²) >= 11 is 0.815. The van der Waals surface area contributed by atoms with Crippen molar-refractivity contribution in [3.63, 3.8) is 0 Å². The van der Waals surface area contributed by atoms with Crippen LogP contribution >= 0.6 is 11.8 Å². The first kappa shape index (κ1) is 21.0. The molecule has 0 unspecified atom stereocenters. The third-order valence-corrected chi connectivity index (χ3v) is 7.11. The van der Waals surface area contributed by atoms with E-state index in [1.54, 1.807) is 0 Å². The van der Waals surface area contributed by atoms with Crippen LogP contribution < -0.4 is 5.32 Å². The molecule has 160 valence electrons. The molecule has 3 N–H and O–H groups in total.